The summed E-state index contributed by atoms with van der Waals surface area (Å²) in [6, 6.07) is 0. The number of alkyl halides is 4. The van der Waals surface area contributed by atoms with E-state index in [0.29, 0.717) is 4.68 Å². The zero-order valence-corrected chi connectivity index (χ0v) is 12.5. The van der Waals surface area contributed by atoms with Gasteiger partial charge in [-0.2, -0.15) is 5.10 Å². The monoisotopic (exact) mass is 363 g/mol. The van der Waals surface area contributed by atoms with Crippen LogP contribution < -0.4 is 5.32 Å². The van der Waals surface area contributed by atoms with Crippen molar-refractivity contribution in [3.8, 4) is 0 Å². The van der Waals surface area contributed by atoms with Crippen LogP contribution >= 0.6 is 23.2 Å². The van der Waals surface area contributed by atoms with Crippen LogP contribution in [0.15, 0.2) is 0 Å². The first-order valence-electron chi connectivity index (χ1n) is 6.01. The Bertz CT molecular complexity index is 552. The van der Waals surface area contributed by atoms with E-state index < -0.39 is 47.0 Å². The molecule has 0 fully saturated rings. The highest BCUT2D eigenvalue weighted by molar-refractivity contribution is 6.63. The SMILES string of the molecule is O=C(Cl)CCCNC(=O)Cn1nc(C(F)F)c(Cl)c1C(F)F. The van der Waals surface area contributed by atoms with Gasteiger partial charge in [0.1, 0.15) is 17.9 Å². The number of amides is 1. The quantitative estimate of drug-likeness (QED) is 0.438. The molecule has 11 heteroatoms. The number of carbonyl (C=O) groups excluding carboxylic acids is 2. The zero-order chi connectivity index (χ0) is 16.9. The van der Waals surface area contributed by atoms with Crippen LogP contribution in [0.5, 0.6) is 0 Å². The van der Waals surface area contributed by atoms with Crippen molar-refractivity contribution in [1.82, 2.24) is 15.1 Å². The first-order valence-corrected chi connectivity index (χ1v) is 6.77. The lowest BCUT2D eigenvalue weighted by atomic mass is 10.3. The van der Waals surface area contributed by atoms with Gasteiger partial charge in [0.15, 0.2) is 0 Å². The van der Waals surface area contributed by atoms with E-state index in [1.165, 1.54) is 0 Å². The topological polar surface area (TPSA) is 64.0 Å². The molecule has 0 aliphatic rings. The largest absolute Gasteiger partial charge is 0.354 e. The first-order chi connectivity index (χ1) is 10.2. The van der Waals surface area contributed by atoms with Gasteiger partial charge in [0.05, 0.1) is 5.02 Å². The molecule has 1 aromatic heterocycles. The molecule has 124 valence electrons. The lowest BCUT2D eigenvalue weighted by Gasteiger charge is -2.07. The molecule has 0 saturated heterocycles. The van der Waals surface area contributed by atoms with Crippen molar-refractivity contribution < 1.29 is 27.2 Å². The molecule has 1 aromatic rings. The molecule has 0 radical (unpaired) electrons. The number of hydrogen-bond donors (Lipinski definition) is 1. The fourth-order valence-electron chi connectivity index (χ4n) is 1.59. The van der Waals surface area contributed by atoms with Crippen molar-refractivity contribution in [2.45, 2.75) is 32.2 Å². The number of nitrogens with zero attached hydrogens (tertiary/aromatic N) is 2. The fraction of sp³-hybridized carbons (Fsp3) is 0.545. The summed E-state index contributed by atoms with van der Waals surface area (Å²) in [6.07, 6.45) is -6.00. The Balaban J connectivity index is 2.73. The molecule has 0 aliphatic carbocycles. The van der Waals surface area contributed by atoms with Crippen LogP contribution in [0.4, 0.5) is 17.6 Å². The predicted molar refractivity (Wildman–Crippen MR) is 70.3 cm³/mol. The van der Waals surface area contributed by atoms with Gasteiger partial charge in [0, 0.05) is 13.0 Å². The van der Waals surface area contributed by atoms with Crippen LogP contribution in [-0.4, -0.2) is 27.5 Å². The Morgan fingerprint density at radius 3 is 2.36 bits per heavy atom. The molecule has 0 unspecified atom stereocenters. The molecule has 1 amide bonds. The lowest BCUT2D eigenvalue weighted by molar-refractivity contribution is -0.122. The Hall–Kier alpha value is -1.35. The van der Waals surface area contributed by atoms with Crippen molar-refractivity contribution in [1.29, 1.82) is 0 Å². The van der Waals surface area contributed by atoms with Gasteiger partial charge in [-0.3, -0.25) is 14.3 Å². The lowest BCUT2D eigenvalue weighted by Crippen LogP contribution is -2.29. The van der Waals surface area contributed by atoms with E-state index in [1.807, 2.05) is 0 Å². The zero-order valence-electron chi connectivity index (χ0n) is 11.0. The van der Waals surface area contributed by atoms with Crippen molar-refractivity contribution in [2.75, 3.05) is 6.54 Å². The van der Waals surface area contributed by atoms with E-state index in [-0.39, 0.29) is 19.4 Å². The summed E-state index contributed by atoms with van der Waals surface area (Å²) in [5.41, 5.74) is -1.94. The molecule has 1 heterocycles. The third-order valence-corrected chi connectivity index (χ3v) is 3.11. The number of hydrogen-bond acceptors (Lipinski definition) is 3. The molecule has 0 aromatic carbocycles. The van der Waals surface area contributed by atoms with Gasteiger partial charge < -0.3 is 5.32 Å². The predicted octanol–water partition coefficient (Wildman–Crippen LogP) is 3.07. The van der Waals surface area contributed by atoms with E-state index in [9.17, 15) is 27.2 Å². The van der Waals surface area contributed by atoms with Gasteiger partial charge in [0.2, 0.25) is 11.1 Å². The van der Waals surface area contributed by atoms with Crippen LogP contribution in [0.3, 0.4) is 0 Å². The highest BCUT2D eigenvalue weighted by atomic mass is 35.5. The summed E-state index contributed by atoms with van der Waals surface area (Å²) in [7, 11) is 0. The van der Waals surface area contributed by atoms with Crippen molar-refractivity contribution in [3.63, 3.8) is 0 Å². The standard InChI is InChI=1S/C11H11Cl2F4N3O2/c12-5(21)2-1-3-18-6(22)4-20-9(11(16)17)7(13)8(19-20)10(14)15/h10-11H,1-4H2,(H,18,22). The molecular weight excluding hydrogens is 353 g/mol. The molecule has 5 nitrogen and oxygen atoms in total. The molecule has 0 bridgehead atoms. The molecule has 22 heavy (non-hydrogen) atoms. The summed E-state index contributed by atoms with van der Waals surface area (Å²) < 4.78 is 51.3. The number of carbonyl (C=O) groups is 2. The Labute approximate surface area is 132 Å². The average molecular weight is 364 g/mol. The van der Waals surface area contributed by atoms with Crippen molar-refractivity contribution in [2.24, 2.45) is 0 Å². The maximum atomic E-state index is 12.8. The van der Waals surface area contributed by atoms with Gasteiger partial charge in [-0.25, -0.2) is 17.6 Å². The molecular formula is C11H11Cl2F4N3O2. The minimum Gasteiger partial charge on any atom is -0.354 e. The number of halogens is 6. The number of aromatic nitrogens is 2. The van der Waals surface area contributed by atoms with Crippen LogP contribution in [0.25, 0.3) is 0 Å². The van der Waals surface area contributed by atoms with Crippen LogP contribution in [-0.2, 0) is 16.1 Å². The number of nitrogens with one attached hydrogen (secondary N) is 1. The highest BCUT2D eigenvalue weighted by Gasteiger charge is 2.28. The van der Waals surface area contributed by atoms with E-state index in [2.05, 4.69) is 10.4 Å². The minimum absolute atomic E-state index is 0.0350. The maximum absolute atomic E-state index is 12.8. The van der Waals surface area contributed by atoms with E-state index >= 15 is 0 Å². The Morgan fingerprint density at radius 1 is 1.23 bits per heavy atom. The average Bonchev–Trinajstić information content (AvgIpc) is 2.71. The van der Waals surface area contributed by atoms with Gasteiger partial charge in [-0.1, -0.05) is 11.6 Å². The second-order valence-corrected chi connectivity index (χ2v) is 4.95. The van der Waals surface area contributed by atoms with Gasteiger partial charge in [0.25, 0.3) is 12.9 Å². The second-order valence-electron chi connectivity index (χ2n) is 4.15. The third kappa shape index (κ3) is 5.13. The van der Waals surface area contributed by atoms with Crippen LogP contribution in [0, 0.1) is 0 Å². The van der Waals surface area contributed by atoms with Gasteiger partial charge in [-0.05, 0) is 18.0 Å². The smallest absolute Gasteiger partial charge is 0.283 e. The first kappa shape index (κ1) is 18.7. The van der Waals surface area contributed by atoms with Crippen molar-refractivity contribution >= 4 is 34.4 Å². The summed E-state index contributed by atoms with van der Waals surface area (Å²) in [4.78, 5) is 22.0. The van der Waals surface area contributed by atoms with Crippen molar-refractivity contribution in [3.05, 3.63) is 16.4 Å². The van der Waals surface area contributed by atoms with Gasteiger partial charge >= 0.3 is 0 Å². The summed E-state index contributed by atoms with van der Waals surface area (Å²) >= 11 is 10.5. The molecule has 1 rings (SSSR count). The summed E-state index contributed by atoms with van der Waals surface area (Å²) in [5, 5.41) is 4.14. The van der Waals surface area contributed by atoms with Crippen LogP contribution in [0.2, 0.25) is 5.02 Å². The molecule has 0 aliphatic heterocycles. The third-order valence-electron chi connectivity index (χ3n) is 2.54. The van der Waals surface area contributed by atoms with Crippen LogP contribution in [0.1, 0.15) is 37.1 Å². The minimum atomic E-state index is -3.16. The molecule has 0 saturated carbocycles. The van der Waals surface area contributed by atoms with Gasteiger partial charge in [-0.15, -0.1) is 0 Å². The fourth-order valence-corrected chi connectivity index (χ4v) is 2.02. The Morgan fingerprint density at radius 2 is 1.86 bits per heavy atom. The molecule has 0 atom stereocenters. The van der Waals surface area contributed by atoms with E-state index in [0.717, 1.165) is 0 Å². The summed E-state index contributed by atoms with van der Waals surface area (Å²) in [6.45, 7) is -0.612. The molecule has 1 N–H and O–H groups in total. The Kier molecular flexibility index (Phi) is 7.08. The molecule has 0 spiro atoms. The van der Waals surface area contributed by atoms with E-state index in [1.54, 1.807) is 0 Å². The normalized spacial score (nSPS) is 11.3. The maximum Gasteiger partial charge on any atom is 0.283 e. The number of rotatable bonds is 8. The van der Waals surface area contributed by atoms with E-state index in [4.69, 9.17) is 23.2 Å². The second kappa shape index (κ2) is 8.33. The highest BCUT2D eigenvalue weighted by Crippen LogP contribution is 2.34. The summed E-state index contributed by atoms with van der Waals surface area (Å²) in [5.74, 6) is -0.732.